The molecule has 1 amide bonds. The number of halogens is 4. The molecule has 0 radical (unpaired) electrons. The first-order valence-electron chi connectivity index (χ1n) is 8.75. The Kier molecular flexibility index (Phi) is 6.47. The van der Waals surface area contributed by atoms with Crippen molar-refractivity contribution in [2.24, 2.45) is 0 Å². The lowest BCUT2D eigenvalue weighted by molar-refractivity contribution is -0.113. The topological polar surface area (TPSA) is 20.3 Å². The zero-order valence-electron chi connectivity index (χ0n) is 15.4. The van der Waals surface area contributed by atoms with Gasteiger partial charge >= 0.3 is 0 Å². The van der Waals surface area contributed by atoms with Crippen molar-refractivity contribution in [3.05, 3.63) is 85.8 Å². The number of likely N-dealkylation sites (N-methyl/N-ethyl adjacent to an activating group) is 1. The second-order valence-corrected chi connectivity index (χ2v) is 9.04. The van der Waals surface area contributed by atoms with Crippen LogP contribution in [0.2, 0.25) is 5.02 Å². The van der Waals surface area contributed by atoms with Crippen molar-refractivity contribution in [1.29, 1.82) is 0 Å². The number of rotatable bonds is 5. The van der Waals surface area contributed by atoms with Crippen LogP contribution < -0.4 is 4.90 Å². The molecule has 0 spiro atoms. The minimum Gasteiger partial charge on any atom is -0.310 e. The first kappa shape index (κ1) is 21.3. The molecular formula is C22H19Br2ClFNO. The predicted molar refractivity (Wildman–Crippen MR) is 121 cm³/mol. The summed E-state index contributed by atoms with van der Waals surface area (Å²) < 4.78 is 16.9. The van der Waals surface area contributed by atoms with Crippen molar-refractivity contribution < 1.29 is 9.18 Å². The maximum absolute atomic E-state index is 15.0. The zero-order chi connectivity index (χ0) is 20.5. The zero-order valence-corrected chi connectivity index (χ0v) is 19.4. The number of hydrogen-bond acceptors (Lipinski definition) is 1. The molecule has 2 aromatic rings. The molecule has 28 heavy (non-hydrogen) atoms. The lowest BCUT2D eigenvalue weighted by Crippen LogP contribution is -2.24. The number of benzene rings is 2. The fourth-order valence-electron chi connectivity index (χ4n) is 3.01. The molecular weight excluding hydrogens is 509 g/mol. The van der Waals surface area contributed by atoms with Crippen LogP contribution in [0, 0.1) is 0 Å². The van der Waals surface area contributed by atoms with E-state index in [-0.39, 0.29) is 11.8 Å². The van der Waals surface area contributed by atoms with E-state index in [0.29, 0.717) is 22.7 Å². The molecule has 3 rings (SSSR count). The van der Waals surface area contributed by atoms with Crippen LogP contribution in [0.15, 0.2) is 75.2 Å². The Morgan fingerprint density at radius 2 is 1.96 bits per heavy atom. The van der Waals surface area contributed by atoms with Gasteiger partial charge in [-0.1, -0.05) is 35.9 Å². The molecule has 2 nitrogen and oxygen atoms in total. The molecule has 146 valence electrons. The van der Waals surface area contributed by atoms with Crippen LogP contribution in [-0.2, 0) is 4.79 Å². The quantitative estimate of drug-likeness (QED) is 0.297. The SMILES string of the molecule is CC(/C=C/C1(F)CC1c1ccc(Br)c(Br)c1)=C\C(=O)N(C)c1ccccc1Cl. The van der Waals surface area contributed by atoms with E-state index in [9.17, 15) is 4.79 Å². The Labute approximate surface area is 186 Å². The summed E-state index contributed by atoms with van der Waals surface area (Å²) in [6.07, 6.45) is 5.16. The van der Waals surface area contributed by atoms with E-state index in [2.05, 4.69) is 31.9 Å². The van der Waals surface area contributed by atoms with Crippen molar-refractivity contribution in [1.82, 2.24) is 0 Å². The van der Waals surface area contributed by atoms with E-state index < -0.39 is 5.67 Å². The highest BCUT2D eigenvalue weighted by molar-refractivity contribution is 9.13. The number of alkyl halides is 1. The average Bonchev–Trinajstić information content (AvgIpc) is 3.34. The Morgan fingerprint density at radius 1 is 1.25 bits per heavy atom. The van der Waals surface area contributed by atoms with Crippen LogP contribution >= 0.6 is 43.5 Å². The molecule has 6 heteroatoms. The summed E-state index contributed by atoms with van der Waals surface area (Å²) in [5, 5.41) is 0.504. The van der Waals surface area contributed by atoms with Crippen LogP contribution in [-0.4, -0.2) is 18.6 Å². The number of allylic oxidation sites excluding steroid dienone is 3. The summed E-state index contributed by atoms with van der Waals surface area (Å²) >= 11 is 13.0. The van der Waals surface area contributed by atoms with Gasteiger partial charge in [-0.15, -0.1) is 0 Å². The summed E-state index contributed by atoms with van der Waals surface area (Å²) in [5.74, 6) is -0.380. The molecule has 0 saturated heterocycles. The number of para-hydroxylation sites is 1. The van der Waals surface area contributed by atoms with Gasteiger partial charge in [-0.25, -0.2) is 4.39 Å². The molecule has 0 aromatic heterocycles. The maximum Gasteiger partial charge on any atom is 0.251 e. The van der Waals surface area contributed by atoms with Crippen LogP contribution in [0.25, 0.3) is 0 Å². The third-order valence-corrected chi connectivity index (χ3v) is 7.00. The molecule has 0 N–H and O–H groups in total. The van der Waals surface area contributed by atoms with Crippen molar-refractivity contribution in [2.45, 2.75) is 24.9 Å². The molecule has 1 aliphatic carbocycles. The van der Waals surface area contributed by atoms with Crippen molar-refractivity contribution >= 4 is 55.1 Å². The summed E-state index contributed by atoms with van der Waals surface area (Å²) in [4.78, 5) is 13.9. The first-order chi connectivity index (χ1) is 13.2. The van der Waals surface area contributed by atoms with Gasteiger partial charge in [0.2, 0.25) is 0 Å². The second kappa shape index (κ2) is 8.52. The van der Waals surface area contributed by atoms with E-state index in [1.165, 1.54) is 11.0 Å². The van der Waals surface area contributed by atoms with Crippen LogP contribution in [0.3, 0.4) is 0 Å². The molecule has 2 unspecified atom stereocenters. The molecule has 1 aliphatic rings. The van der Waals surface area contributed by atoms with Gasteiger partial charge in [-0.05, 0) is 86.7 Å². The normalized spacial score (nSPS) is 21.8. The Balaban J connectivity index is 1.67. The predicted octanol–water partition coefficient (Wildman–Crippen LogP) is 7.23. The molecule has 1 saturated carbocycles. The van der Waals surface area contributed by atoms with Gasteiger partial charge in [0, 0.05) is 28.0 Å². The lowest BCUT2D eigenvalue weighted by Gasteiger charge is -2.16. The molecule has 0 bridgehead atoms. The van der Waals surface area contributed by atoms with Gasteiger partial charge in [-0.2, -0.15) is 0 Å². The second-order valence-electron chi connectivity index (χ2n) is 6.93. The van der Waals surface area contributed by atoms with Crippen molar-refractivity contribution in [2.75, 3.05) is 11.9 Å². The fourth-order valence-corrected chi connectivity index (χ4v) is 3.92. The molecule has 2 aromatic carbocycles. The highest BCUT2D eigenvalue weighted by Gasteiger charge is 2.54. The lowest BCUT2D eigenvalue weighted by atomic mass is 10.1. The number of hydrogen-bond donors (Lipinski definition) is 0. The summed E-state index contributed by atoms with van der Waals surface area (Å²) in [6.45, 7) is 1.78. The van der Waals surface area contributed by atoms with E-state index >= 15 is 4.39 Å². The molecule has 0 aliphatic heterocycles. The van der Waals surface area contributed by atoms with Crippen LogP contribution in [0.1, 0.15) is 24.8 Å². The molecule has 2 atom stereocenters. The highest BCUT2D eigenvalue weighted by Crippen LogP contribution is 2.56. The van der Waals surface area contributed by atoms with Crippen LogP contribution in [0.4, 0.5) is 10.1 Å². The van der Waals surface area contributed by atoms with E-state index in [1.807, 2.05) is 30.3 Å². The minimum atomic E-state index is -1.37. The highest BCUT2D eigenvalue weighted by atomic mass is 79.9. The van der Waals surface area contributed by atoms with E-state index in [0.717, 1.165) is 14.5 Å². The number of carbonyl (C=O) groups is 1. The summed E-state index contributed by atoms with van der Waals surface area (Å²) in [5.41, 5.74) is 0.897. The van der Waals surface area contributed by atoms with Crippen LogP contribution in [0.5, 0.6) is 0 Å². The van der Waals surface area contributed by atoms with E-state index in [4.69, 9.17) is 11.6 Å². The third kappa shape index (κ3) is 4.76. The largest absolute Gasteiger partial charge is 0.310 e. The van der Waals surface area contributed by atoms with E-state index in [1.54, 1.807) is 38.3 Å². The minimum absolute atomic E-state index is 0.164. The summed E-state index contributed by atoms with van der Waals surface area (Å²) in [6, 6.07) is 12.9. The molecule has 1 fully saturated rings. The Morgan fingerprint density at radius 3 is 2.64 bits per heavy atom. The number of anilines is 1. The van der Waals surface area contributed by atoms with Gasteiger partial charge in [0.05, 0.1) is 10.7 Å². The van der Waals surface area contributed by atoms with Gasteiger partial charge < -0.3 is 4.90 Å². The maximum atomic E-state index is 15.0. The summed E-state index contributed by atoms with van der Waals surface area (Å²) in [7, 11) is 1.66. The van der Waals surface area contributed by atoms with Crippen molar-refractivity contribution in [3.63, 3.8) is 0 Å². The van der Waals surface area contributed by atoms with Gasteiger partial charge in [0.15, 0.2) is 0 Å². The number of nitrogens with zero attached hydrogens (tertiary/aromatic N) is 1. The molecule has 0 heterocycles. The average molecular weight is 528 g/mol. The number of amides is 1. The first-order valence-corrected chi connectivity index (χ1v) is 10.7. The van der Waals surface area contributed by atoms with Gasteiger partial charge in [-0.3, -0.25) is 4.79 Å². The smallest absolute Gasteiger partial charge is 0.251 e. The van der Waals surface area contributed by atoms with Crippen molar-refractivity contribution in [3.8, 4) is 0 Å². The Hall–Kier alpha value is -1.43. The number of carbonyl (C=O) groups excluding carboxylic acids is 1. The third-order valence-electron chi connectivity index (χ3n) is 4.80. The standard InChI is InChI=1S/C22H19Br2ClFNO/c1-14(11-21(28)27(2)20-6-4-3-5-19(20)25)9-10-22(26)13-16(22)15-7-8-17(23)18(24)12-15/h3-12,16H,13H2,1-2H3/b10-9+,14-11+. The monoisotopic (exact) mass is 525 g/mol. The van der Waals surface area contributed by atoms with Gasteiger partial charge in [0.25, 0.3) is 5.91 Å². The fraction of sp³-hybridized carbons (Fsp3) is 0.227. The van der Waals surface area contributed by atoms with Gasteiger partial charge in [0.1, 0.15) is 5.67 Å². The Bertz CT molecular complexity index is 975.